The van der Waals surface area contributed by atoms with Gasteiger partial charge in [0, 0.05) is 12.1 Å². The van der Waals surface area contributed by atoms with Gasteiger partial charge in [-0.05, 0) is 18.2 Å². The van der Waals surface area contributed by atoms with Crippen molar-refractivity contribution in [3.8, 4) is 5.75 Å². The van der Waals surface area contributed by atoms with Crippen LogP contribution in [0.3, 0.4) is 0 Å². The fourth-order valence-corrected chi connectivity index (χ4v) is 2.48. The van der Waals surface area contributed by atoms with Gasteiger partial charge in [-0.15, -0.1) is 0 Å². The molecule has 0 fully saturated rings. The molecule has 122 valence electrons. The van der Waals surface area contributed by atoms with Crippen LogP contribution < -0.4 is 4.74 Å². The number of halogens is 1. The van der Waals surface area contributed by atoms with Crippen LogP contribution in [0.1, 0.15) is 20.7 Å². The van der Waals surface area contributed by atoms with Crippen LogP contribution in [0.25, 0.3) is 0 Å². The number of carbonyl (C=O) groups excluding carboxylic acids is 2. The highest BCUT2D eigenvalue weighted by Crippen LogP contribution is 2.30. The van der Waals surface area contributed by atoms with E-state index in [9.17, 15) is 24.1 Å². The Morgan fingerprint density at radius 2 is 1.88 bits per heavy atom. The zero-order valence-electron chi connectivity index (χ0n) is 12.3. The molecule has 0 saturated carbocycles. The summed E-state index contributed by atoms with van der Waals surface area (Å²) in [5.41, 5.74) is -0.613. The highest BCUT2D eigenvalue weighted by molar-refractivity contribution is 6.23. The van der Waals surface area contributed by atoms with Gasteiger partial charge in [0.15, 0.2) is 0 Å². The molecule has 2 aromatic rings. The standard InChI is InChI=1S/C16H11FN2O5/c17-10-3-1-4-11(9-10)24-8-7-18-15(20)12-5-2-6-13(19(22)23)14(12)16(18)21/h1-6,9H,7-8H2. The SMILES string of the molecule is O=C1c2cccc([N+](=O)[O-])c2C(=O)N1CCOc1cccc(F)c1. The summed E-state index contributed by atoms with van der Waals surface area (Å²) in [5.74, 6) is -1.55. The Kier molecular flexibility index (Phi) is 3.95. The molecule has 0 unspecified atom stereocenters. The second-order valence-corrected chi connectivity index (χ2v) is 5.02. The Bertz CT molecular complexity index is 852. The van der Waals surface area contributed by atoms with Crippen LogP contribution in [-0.4, -0.2) is 34.8 Å². The van der Waals surface area contributed by atoms with Crippen molar-refractivity contribution in [3.05, 3.63) is 69.5 Å². The van der Waals surface area contributed by atoms with Crippen molar-refractivity contribution in [1.29, 1.82) is 0 Å². The topological polar surface area (TPSA) is 89.8 Å². The summed E-state index contributed by atoms with van der Waals surface area (Å²) in [6.45, 7) is -0.150. The van der Waals surface area contributed by atoms with E-state index in [2.05, 4.69) is 0 Å². The summed E-state index contributed by atoms with van der Waals surface area (Å²) in [7, 11) is 0. The summed E-state index contributed by atoms with van der Waals surface area (Å²) in [6.07, 6.45) is 0. The fourth-order valence-electron chi connectivity index (χ4n) is 2.48. The molecule has 2 aromatic carbocycles. The molecule has 3 rings (SSSR count). The van der Waals surface area contributed by atoms with Gasteiger partial charge in [0.25, 0.3) is 17.5 Å². The van der Waals surface area contributed by atoms with Gasteiger partial charge in [0.2, 0.25) is 0 Å². The lowest BCUT2D eigenvalue weighted by Gasteiger charge is -2.14. The molecule has 0 bridgehead atoms. The average molecular weight is 330 g/mol. The van der Waals surface area contributed by atoms with Crippen LogP contribution in [0.4, 0.5) is 10.1 Å². The highest BCUT2D eigenvalue weighted by atomic mass is 19.1. The van der Waals surface area contributed by atoms with E-state index in [0.717, 1.165) is 4.90 Å². The van der Waals surface area contributed by atoms with Gasteiger partial charge in [-0.25, -0.2) is 4.39 Å². The molecule has 0 radical (unpaired) electrons. The Balaban J connectivity index is 1.74. The van der Waals surface area contributed by atoms with E-state index >= 15 is 0 Å². The van der Waals surface area contributed by atoms with Crippen LogP contribution in [0, 0.1) is 15.9 Å². The monoisotopic (exact) mass is 330 g/mol. The van der Waals surface area contributed by atoms with Crippen molar-refractivity contribution in [3.63, 3.8) is 0 Å². The molecule has 0 N–H and O–H groups in total. The van der Waals surface area contributed by atoms with Crippen LogP contribution in [-0.2, 0) is 0 Å². The summed E-state index contributed by atoms with van der Waals surface area (Å²) in [4.78, 5) is 35.8. The zero-order valence-corrected chi connectivity index (χ0v) is 12.3. The van der Waals surface area contributed by atoms with E-state index in [4.69, 9.17) is 4.74 Å². The lowest BCUT2D eigenvalue weighted by Crippen LogP contribution is -2.33. The third-order valence-corrected chi connectivity index (χ3v) is 3.55. The highest BCUT2D eigenvalue weighted by Gasteiger charge is 2.40. The van der Waals surface area contributed by atoms with Crippen molar-refractivity contribution in [1.82, 2.24) is 4.90 Å². The summed E-state index contributed by atoms with van der Waals surface area (Å²) in [5, 5.41) is 11.0. The number of nitro benzene ring substituents is 1. The van der Waals surface area contributed by atoms with Crippen LogP contribution in [0.2, 0.25) is 0 Å². The summed E-state index contributed by atoms with van der Waals surface area (Å²) < 4.78 is 18.4. The number of rotatable bonds is 5. The van der Waals surface area contributed by atoms with E-state index in [-0.39, 0.29) is 30.0 Å². The van der Waals surface area contributed by atoms with Crippen LogP contribution >= 0.6 is 0 Å². The molecule has 0 aromatic heterocycles. The third-order valence-electron chi connectivity index (χ3n) is 3.55. The van der Waals surface area contributed by atoms with E-state index in [0.29, 0.717) is 0 Å². The minimum Gasteiger partial charge on any atom is -0.492 e. The van der Waals surface area contributed by atoms with E-state index in [1.54, 1.807) is 0 Å². The maximum absolute atomic E-state index is 13.1. The molecule has 1 aliphatic heterocycles. The van der Waals surface area contributed by atoms with Gasteiger partial charge in [-0.2, -0.15) is 0 Å². The van der Waals surface area contributed by atoms with E-state index in [1.165, 1.54) is 42.5 Å². The molecule has 0 saturated heterocycles. The Labute approximate surface area is 135 Å². The Hall–Kier alpha value is -3.29. The minimum atomic E-state index is -0.731. The lowest BCUT2D eigenvalue weighted by molar-refractivity contribution is -0.385. The van der Waals surface area contributed by atoms with Crippen molar-refractivity contribution in [2.75, 3.05) is 13.2 Å². The molecule has 0 spiro atoms. The normalized spacial score (nSPS) is 13.1. The maximum Gasteiger partial charge on any atom is 0.282 e. The van der Waals surface area contributed by atoms with Crippen LogP contribution in [0.5, 0.6) is 5.75 Å². The van der Waals surface area contributed by atoms with Crippen LogP contribution in [0.15, 0.2) is 42.5 Å². The number of ether oxygens (including phenoxy) is 1. The van der Waals surface area contributed by atoms with Gasteiger partial charge < -0.3 is 4.74 Å². The predicted octanol–water partition coefficient (Wildman–Crippen LogP) is 2.41. The first kappa shape index (κ1) is 15.6. The molecule has 24 heavy (non-hydrogen) atoms. The number of nitro groups is 1. The number of hydrogen-bond acceptors (Lipinski definition) is 5. The largest absolute Gasteiger partial charge is 0.492 e. The number of amides is 2. The molecule has 1 heterocycles. The molecule has 8 heteroatoms. The quantitative estimate of drug-likeness (QED) is 0.477. The van der Waals surface area contributed by atoms with Gasteiger partial charge in [-0.1, -0.05) is 12.1 Å². The molecule has 0 aliphatic carbocycles. The fraction of sp³-hybridized carbons (Fsp3) is 0.125. The molecule has 1 aliphatic rings. The van der Waals surface area contributed by atoms with Crippen molar-refractivity contribution in [2.45, 2.75) is 0 Å². The van der Waals surface area contributed by atoms with E-state index < -0.39 is 28.2 Å². The number of imide groups is 1. The summed E-state index contributed by atoms with van der Waals surface area (Å²) in [6, 6.07) is 9.34. The second-order valence-electron chi connectivity index (χ2n) is 5.02. The second kappa shape index (κ2) is 6.07. The van der Waals surface area contributed by atoms with Gasteiger partial charge in [0.1, 0.15) is 23.7 Å². The maximum atomic E-state index is 13.1. The number of fused-ring (bicyclic) bond motifs is 1. The van der Waals surface area contributed by atoms with Crippen molar-refractivity contribution in [2.24, 2.45) is 0 Å². The summed E-state index contributed by atoms with van der Waals surface area (Å²) >= 11 is 0. The molecule has 2 amide bonds. The number of benzene rings is 2. The first-order valence-electron chi connectivity index (χ1n) is 7.01. The smallest absolute Gasteiger partial charge is 0.282 e. The molecular weight excluding hydrogens is 319 g/mol. The molecule has 7 nitrogen and oxygen atoms in total. The Morgan fingerprint density at radius 3 is 2.58 bits per heavy atom. The number of carbonyl (C=O) groups is 2. The van der Waals surface area contributed by atoms with Gasteiger partial charge >= 0.3 is 0 Å². The molecular formula is C16H11FN2O5. The van der Waals surface area contributed by atoms with E-state index in [1.807, 2.05) is 0 Å². The predicted molar refractivity (Wildman–Crippen MR) is 80.4 cm³/mol. The molecule has 0 atom stereocenters. The van der Waals surface area contributed by atoms with Crippen molar-refractivity contribution < 1.29 is 23.6 Å². The average Bonchev–Trinajstić information content (AvgIpc) is 2.80. The van der Waals surface area contributed by atoms with Gasteiger partial charge in [0.05, 0.1) is 17.0 Å². The third kappa shape index (κ3) is 2.69. The first-order valence-corrected chi connectivity index (χ1v) is 7.01. The zero-order chi connectivity index (χ0) is 17.3. The first-order chi connectivity index (χ1) is 11.5. The van der Waals surface area contributed by atoms with Crippen molar-refractivity contribution >= 4 is 17.5 Å². The lowest BCUT2D eigenvalue weighted by atomic mass is 10.1. The number of hydrogen-bond donors (Lipinski definition) is 0. The minimum absolute atomic E-state index is 0.0000412. The number of nitrogens with zero attached hydrogens (tertiary/aromatic N) is 2. The van der Waals surface area contributed by atoms with Gasteiger partial charge in [-0.3, -0.25) is 24.6 Å². The Morgan fingerprint density at radius 1 is 1.12 bits per heavy atom.